The number of nitrogens with zero attached hydrogens (tertiary/aromatic N) is 4. The highest BCUT2D eigenvalue weighted by Crippen LogP contribution is 2.33. The van der Waals surface area contributed by atoms with E-state index in [1.54, 1.807) is 10.7 Å². The minimum Gasteiger partial charge on any atom is -0.364 e. The first kappa shape index (κ1) is 17.7. The summed E-state index contributed by atoms with van der Waals surface area (Å²) in [5.74, 6) is -0.265. The topological polar surface area (TPSA) is 80.1 Å². The summed E-state index contributed by atoms with van der Waals surface area (Å²) >= 11 is 0. The number of halogens is 3. The third kappa shape index (κ3) is 3.93. The average Bonchev–Trinajstić information content (AvgIpc) is 2.93. The molecule has 0 radical (unpaired) electrons. The van der Waals surface area contributed by atoms with Gasteiger partial charge in [0.15, 0.2) is 0 Å². The largest absolute Gasteiger partial charge is 0.419 e. The van der Waals surface area contributed by atoms with E-state index < -0.39 is 21.8 Å². The molecule has 136 valence electrons. The van der Waals surface area contributed by atoms with Crippen molar-refractivity contribution in [2.24, 2.45) is 0 Å². The second-order valence-electron chi connectivity index (χ2n) is 5.70. The molecule has 1 N–H and O–H groups in total. The molecule has 0 spiro atoms. The molecule has 0 saturated carbocycles. The molecule has 1 aliphatic rings. The van der Waals surface area contributed by atoms with Crippen molar-refractivity contribution in [1.29, 1.82) is 0 Å². The van der Waals surface area contributed by atoms with Crippen molar-refractivity contribution in [1.82, 2.24) is 19.1 Å². The van der Waals surface area contributed by atoms with Gasteiger partial charge in [0.2, 0.25) is 10.0 Å². The van der Waals surface area contributed by atoms with Gasteiger partial charge in [-0.25, -0.2) is 13.4 Å². The van der Waals surface area contributed by atoms with E-state index in [-0.39, 0.29) is 18.9 Å². The predicted molar refractivity (Wildman–Crippen MR) is 84.0 cm³/mol. The fourth-order valence-corrected chi connectivity index (χ4v) is 3.40. The Morgan fingerprint density at radius 1 is 1.32 bits per heavy atom. The summed E-state index contributed by atoms with van der Waals surface area (Å²) in [6, 6.07) is 3.86. The molecule has 0 unspecified atom stereocenters. The molecule has 0 amide bonds. The third-order valence-electron chi connectivity index (χ3n) is 3.83. The number of nitrogens with one attached hydrogen (secondary N) is 1. The van der Waals surface area contributed by atoms with Crippen LogP contribution < -0.4 is 5.32 Å². The molecule has 11 heteroatoms. The fraction of sp³-hybridized carbons (Fsp3) is 0.429. The van der Waals surface area contributed by atoms with Gasteiger partial charge in [-0.05, 0) is 18.2 Å². The second-order valence-corrected chi connectivity index (χ2v) is 7.68. The van der Waals surface area contributed by atoms with E-state index in [4.69, 9.17) is 0 Å². The summed E-state index contributed by atoms with van der Waals surface area (Å²) in [5, 5.41) is 6.95. The number of pyridine rings is 1. The van der Waals surface area contributed by atoms with Crippen LogP contribution in [-0.2, 0) is 35.8 Å². The lowest BCUT2D eigenvalue weighted by Crippen LogP contribution is -2.37. The lowest BCUT2D eigenvalue weighted by atomic mass is 10.2. The normalized spacial score (nSPS) is 15.8. The van der Waals surface area contributed by atoms with Crippen LogP contribution in [0.3, 0.4) is 0 Å². The average molecular weight is 375 g/mol. The van der Waals surface area contributed by atoms with Gasteiger partial charge in [0.1, 0.15) is 5.82 Å². The standard InChI is InChI=1S/C14H16F3N5O2S/c1-25(23,24)21-5-6-22-11(9-21)7-10(20-22)8-19-13-12(14(15,16)17)3-2-4-18-13/h2-4,7H,5-6,8-9H2,1H3,(H,18,19). The molecule has 0 aliphatic carbocycles. The first-order chi connectivity index (χ1) is 11.6. The molecule has 2 aromatic heterocycles. The summed E-state index contributed by atoms with van der Waals surface area (Å²) in [6.07, 6.45) is -2.08. The minimum absolute atomic E-state index is 0.0545. The van der Waals surface area contributed by atoms with Gasteiger partial charge in [-0.3, -0.25) is 4.68 Å². The molecule has 3 heterocycles. The maximum absolute atomic E-state index is 13.0. The number of hydrogen-bond acceptors (Lipinski definition) is 5. The minimum atomic E-state index is -4.50. The van der Waals surface area contributed by atoms with Crippen LogP contribution in [0.2, 0.25) is 0 Å². The Labute approximate surface area is 142 Å². The molecule has 7 nitrogen and oxygen atoms in total. The zero-order valence-corrected chi connectivity index (χ0v) is 14.1. The van der Waals surface area contributed by atoms with Crippen LogP contribution >= 0.6 is 0 Å². The van der Waals surface area contributed by atoms with E-state index in [1.807, 2.05) is 0 Å². The number of aromatic nitrogens is 3. The van der Waals surface area contributed by atoms with Crippen LogP contribution in [0.15, 0.2) is 24.4 Å². The van der Waals surface area contributed by atoms with Gasteiger partial charge in [0.25, 0.3) is 0 Å². The van der Waals surface area contributed by atoms with Crippen LogP contribution in [0.1, 0.15) is 17.0 Å². The van der Waals surface area contributed by atoms with Crippen LogP contribution in [-0.4, -0.2) is 40.3 Å². The third-order valence-corrected chi connectivity index (χ3v) is 5.08. The maximum atomic E-state index is 13.0. The molecular weight excluding hydrogens is 359 g/mol. The summed E-state index contributed by atoms with van der Waals surface area (Å²) < 4.78 is 65.1. The molecule has 0 fully saturated rings. The zero-order valence-electron chi connectivity index (χ0n) is 13.3. The van der Waals surface area contributed by atoms with E-state index >= 15 is 0 Å². The van der Waals surface area contributed by atoms with Gasteiger partial charge in [0.05, 0.1) is 42.8 Å². The highest BCUT2D eigenvalue weighted by atomic mass is 32.2. The fourth-order valence-electron chi connectivity index (χ4n) is 2.62. The number of anilines is 1. The first-order valence-corrected chi connectivity index (χ1v) is 9.26. The van der Waals surface area contributed by atoms with Crippen molar-refractivity contribution < 1.29 is 21.6 Å². The Morgan fingerprint density at radius 3 is 2.76 bits per heavy atom. The summed E-state index contributed by atoms with van der Waals surface area (Å²) in [5.41, 5.74) is 0.372. The van der Waals surface area contributed by atoms with E-state index in [1.165, 1.54) is 16.6 Å². The first-order valence-electron chi connectivity index (χ1n) is 7.41. The van der Waals surface area contributed by atoms with Crippen molar-refractivity contribution in [2.75, 3.05) is 18.1 Å². The Hall–Kier alpha value is -2.14. The number of hydrogen-bond donors (Lipinski definition) is 1. The van der Waals surface area contributed by atoms with Crippen LogP contribution in [0.4, 0.5) is 19.0 Å². The molecular formula is C14H16F3N5O2S. The van der Waals surface area contributed by atoms with Gasteiger partial charge in [0, 0.05) is 12.7 Å². The van der Waals surface area contributed by atoms with Gasteiger partial charge >= 0.3 is 6.18 Å². The quantitative estimate of drug-likeness (QED) is 0.880. The van der Waals surface area contributed by atoms with Gasteiger partial charge in [-0.1, -0.05) is 0 Å². The monoisotopic (exact) mass is 375 g/mol. The second kappa shape index (κ2) is 6.30. The van der Waals surface area contributed by atoms with E-state index in [2.05, 4.69) is 15.4 Å². The molecule has 0 atom stereocenters. The SMILES string of the molecule is CS(=O)(=O)N1CCn2nc(CNc3ncccc3C(F)(F)F)cc2C1. The zero-order chi connectivity index (χ0) is 18.2. The van der Waals surface area contributed by atoms with Crippen molar-refractivity contribution in [2.45, 2.75) is 25.8 Å². The lowest BCUT2D eigenvalue weighted by Gasteiger charge is -2.25. The van der Waals surface area contributed by atoms with Crippen LogP contribution in [0, 0.1) is 0 Å². The summed E-state index contributed by atoms with van der Waals surface area (Å²) in [4.78, 5) is 3.73. The van der Waals surface area contributed by atoms with Gasteiger partial charge in [-0.2, -0.15) is 22.6 Å². The van der Waals surface area contributed by atoms with Crippen molar-refractivity contribution in [3.8, 4) is 0 Å². The Kier molecular flexibility index (Phi) is 4.45. The van der Waals surface area contributed by atoms with Gasteiger partial charge in [-0.15, -0.1) is 0 Å². The van der Waals surface area contributed by atoms with Crippen LogP contribution in [0.25, 0.3) is 0 Å². The highest BCUT2D eigenvalue weighted by Gasteiger charge is 2.34. The molecule has 1 aliphatic heterocycles. The number of alkyl halides is 3. The van der Waals surface area contributed by atoms with Gasteiger partial charge < -0.3 is 5.32 Å². The number of sulfonamides is 1. The van der Waals surface area contributed by atoms with Crippen LogP contribution in [0.5, 0.6) is 0 Å². The van der Waals surface area contributed by atoms with Crippen molar-refractivity contribution in [3.05, 3.63) is 41.3 Å². The lowest BCUT2D eigenvalue weighted by molar-refractivity contribution is -0.137. The Bertz CT molecular complexity index is 879. The predicted octanol–water partition coefficient (Wildman–Crippen LogP) is 1.68. The summed E-state index contributed by atoms with van der Waals surface area (Å²) in [7, 11) is -3.29. The smallest absolute Gasteiger partial charge is 0.364 e. The van der Waals surface area contributed by atoms with E-state index in [9.17, 15) is 21.6 Å². The Balaban J connectivity index is 1.74. The molecule has 25 heavy (non-hydrogen) atoms. The highest BCUT2D eigenvalue weighted by molar-refractivity contribution is 7.88. The van der Waals surface area contributed by atoms with E-state index in [0.717, 1.165) is 12.3 Å². The molecule has 0 saturated heterocycles. The molecule has 3 rings (SSSR count). The van der Waals surface area contributed by atoms with Crippen molar-refractivity contribution in [3.63, 3.8) is 0 Å². The molecule has 0 bridgehead atoms. The molecule has 2 aromatic rings. The van der Waals surface area contributed by atoms with Crippen molar-refractivity contribution >= 4 is 15.8 Å². The number of fused-ring (bicyclic) bond motifs is 1. The Morgan fingerprint density at radius 2 is 2.08 bits per heavy atom. The summed E-state index contributed by atoms with van der Waals surface area (Å²) in [6.45, 7) is 0.973. The number of rotatable bonds is 4. The molecule has 0 aromatic carbocycles. The van der Waals surface area contributed by atoms with E-state index in [0.29, 0.717) is 24.5 Å². The maximum Gasteiger partial charge on any atom is 0.419 e.